The second-order valence-electron chi connectivity index (χ2n) is 7.00. The number of esters is 1. The van der Waals surface area contributed by atoms with Gasteiger partial charge in [-0.3, -0.25) is 4.79 Å². The molecule has 0 N–H and O–H groups in total. The van der Waals surface area contributed by atoms with Crippen molar-refractivity contribution < 1.29 is 19.0 Å². The van der Waals surface area contributed by atoms with Crippen molar-refractivity contribution in [2.45, 2.75) is 26.7 Å². The average molecular weight is 324 g/mol. The fourth-order valence-electron chi connectivity index (χ4n) is 3.54. The molecule has 1 aliphatic carbocycles. The Kier molecular flexibility index (Phi) is 3.57. The topological polar surface area (TPSA) is 44.8 Å². The molecule has 3 unspecified atom stereocenters. The lowest BCUT2D eigenvalue weighted by molar-refractivity contribution is -0.178. The van der Waals surface area contributed by atoms with Crippen LogP contribution in [0.5, 0.6) is 11.5 Å². The molecule has 3 atom stereocenters. The molecule has 2 aromatic rings. The van der Waals surface area contributed by atoms with Crippen LogP contribution in [0.2, 0.25) is 0 Å². The molecule has 2 fully saturated rings. The highest BCUT2D eigenvalue weighted by molar-refractivity contribution is 5.80. The Hall–Kier alpha value is -2.33. The number of rotatable bonds is 5. The smallest absolute Gasteiger partial charge is 0.312 e. The lowest BCUT2D eigenvalue weighted by Gasteiger charge is -2.18. The van der Waals surface area contributed by atoms with Crippen LogP contribution in [0.15, 0.2) is 54.6 Å². The summed E-state index contributed by atoms with van der Waals surface area (Å²) in [6.45, 7) is 4.57. The second kappa shape index (κ2) is 5.64. The van der Waals surface area contributed by atoms with Crippen molar-refractivity contribution in [1.82, 2.24) is 0 Å². The minimum absolute atomic E-state index is 0.00172. The molecule has 1 aliphatic heterocycles. The number of cyclic esters (lactones) is 1. The van der Waals surface area contributed by atoms with Crippen LogP contribution in [0.3, 0.4) is 0 Å². The van der Waals surface area contributed by atoms with E-state index >= 15 is 0 Å². The van der Waals surface area contributed by atoms with E-state index in [2.05, 4.69) is 13.8 Å². The Morgan fingerprint density at radius 2 is 1.79 bits per heavy atom. The molecule has 24 heavy (non-hydrogen) atoms. The van der Waals surface area contributed by atoms with Gasteiger partial charge in [0.25, 0.3) is 0 Å². The summed E-state index contributed by atoms with van der Waals surface area (Å²) >= 11 is 0. The SMILES string of the molecule is CC1(C)C2C(=O)OC(OCc3cccc(Oc4ccccc4)c3)C21. The van der Waals surface area contributed by atoms with Crippen LogP contribution in [0.4, 0.5) is 0 Å². The van der Waals surface area contributed by atoms with Crippen molar-refractivity contribution in [2.24, 2.45) is 17.3 Å². The molecule has 1 saturated heterocycles. The largest absolute Gasteiger partial charge is 0.457 e. The number of ether oxygens (including phenoxy) is 3. The monoisotopic (exact) mass is 324 g/mol. The minimum atomic E-state index is -0.434. The first-order valence-electron chi connectivity index (χ1n) is 8.19. The number of hydrogen-bond donors (Lipinski definition) is 0. The van der Waals surface area contributed by atoms with E-state index in [1.165, 1.54) is 0 Å². The van der Waals surface area contributed by atoms with Gasteiger partial charge in [0.2, 0.25) is 6.29 Å². The molecule has 4 rings (SSSR count). The summed E-state index contributed by atoms with van der Waals surface area (Å²) in [7, 11) is 0. The Bertz CT molecular complexity index is 753. The quantitative estimate of drug-likeness (QED) is 0.775. The summed E-state index contributed by atoms with van der Waals surface area (Å²) in [5.74, 6) is 1.60. The fraction of sp³-hybridized carbons (Fsp3) is 0.350. The van der Waals surface area contributed by atoms with Crippen LogP contribution in [-0.2, 0) is 20.9 Å². The number of hydrogen-bond acceptors (Lipinski definition) is 4. The maximum Gasteiger partial charge on any atom is 0.312 e. The number of benzene rings is 2. The first-order chi connectivity index (χ1) is 11.6. The Morgan fingerprint density at radius 3 is 2.50 bits per heavy atom. The molecule has 1 heterocycles. The summed E-state index contributed by atoms with van der Waals surface area (Å²) in [4.78, 5) is 11.8. The number of carbonyl (C=O) groups excluding carboxylic acids is 1. The van der Waals surface area contributed by atoms with E-state index in [-0.39, 0.29) is 23.2 Å². The van der Waals surface area contributed by atoms with Gasteiger partial charge in [0.1, 0.15) is 11.5 Å². The molecular weight excluding hydrogens is 304 g/mol. The van der Waals surface area contributed by atoms with Gasteiger partial charge in [0, 0.05) is 5.92 Å². The maximum atomic E-state index is 11.8. The van der Waals surface area contributed by atoms with Gasteiger partial charge in [-0.2, -0.15) is 0 Å². The number of fused-ring (bicyclic) bond motifs is 1. The maximum absolute atomic E-state index is 11.8. The van der Waals surface area contributed by atoms with E-state index in [9.17, 15) is 4.79 Å². The van der Waals surface area contributed by atoms with Crippen LogP contribution >= 0.6 is 0 Å². The molecule has 0 bridgehead atoms. The molecule has 0 amide bonds. The number of carbonyl (C=O) groups is 1. The molecule has 2 aromatic carbocycles. The van der Waals surface area contributed by atoms with Gasteiger partial charge >= 0.3 is 5.97 Å². The Balaban J connectivity index is 1.39. The average Bonchev–Trinajstić information content (AvgIpc) is 2.96. The Morgan fingerprint density at radius 1 is 1.04 bits per heavy atom. The van der Waals surface area contributed by atoms with Crippen molar-refractivity contribution >= 4 is 5.97 Å². The van der Waals surface area contributed by atoms with Crippen molar-refractivity contribution in [2.75, 3.05) is 0 Å². The summed E-state index contributed by atoms with van der Waals surface area (Å²) in [5.41, 5.74) is 0.986. The van der Waals surface area contributed by atoms with Crippen LogP contribution < -0.4 is 4.74 Å². The molecule has 2 aliphatic rings. The first kappa shape index (κ1) is 15.2. The van der Waals surface area contributed by atoms with Gasteiger partial charge < -0.3 is 14.2 Å². The minimum Gasteiger partial charge on any atom is -0.457 e. The molecular formula is C20H20O4. The van der Waals surface area contributed by atoms with Gasteiger partial charge in [0.05, 0.1) is 12.5 Å². The number of para-hydroxylation sites is 1. The van der Waals surface area contributed by atoms with Gasteiger partial charge in [-0.05, 0) is 35.2 Å². The first-order valence-corrected chi connectivity index (χ1v) is 8.19. The van der Waals surface area contributed by atoms with Crippen molar-refractivity contribution in [1.29, 1.82) is 0 Å². The van der Waals surface area contributed by atoms with Gasteiger partial charge in [0.15, 0.2) is 0 Å². The van der Waals surface area contributed by atoms with E-state index in [4.69, 9.17) is 14.2 Å². The van der Waals surface area contributed by atoms with Crippen molar-refractivity contribution in [3.63, 3.8) is 0 Å². The highest BCUT2D eigenvalue weighted by atomic mass is 16.7. The fourth-order valence-corrected chi connectivity index (χ4v) is 3.54. The highest BCUT2D eigenvalue weighted by Crippen LogP contribution is 2.64. The molecule has 4 nitrogen and oxygen atoms in total. The van der Waals surface area contributed by atoms with E-state index < -0.39 is 6.29 Å². The lowest BCUT2D eigenvalue weighted by atomic mass is 10.1. The molecule has 124 valence electrons. The third-order valence-electron chi connectivity index (χ3n) is 4.98. The standard InChI is InChI=1S/C20H20O4/c1-20(2)16-17(20)19(24-18(16)21)22-12-13-7-6-10-15(11-13)23-14-8-4-3-5-9-14/h3-11,16-17,19H,12H2,1-2H3. The van der Waals surface area contributed by atoms with Crippen LogP contribution in [0.1, 0.15) is 19.4 Å². The third kappa shape index (κ3) is 2.67. The van der Waals surface area contributed by atoms with Gasteiger partial charge in [-0.1, -0.05) is 44.2 Å². The zero-order valence-electron chi connectivity index (χ0n) is 13.8. The second-order valence-corrected chi connectivity index (χ2v) is 7.00. The van der Waals surface area contributed by atoms with Crippen LogP contribution in [0, 0.1) is 17.3 Å². The summed E-state index contributed by atoms with van der Waals surface area (Å²) in [5, 5.41) is 0. The van der Waals surface area contributed by atoms with E-state index in [1.54, 1.807) is 0 Å². The zero-order chi connectivity index (χ0) is 16.7. The third-order valence-corrected chi connectivity index (χ3v) is 4.98. The highest BCUT2D eigenvalue weighted by Gasteiger charge is 2.71. The van der Waals surface area contributed by atoms with Crippen molar-refractivity contribution in [3.8, 4) is 11.5 Å². The lowest BCUT2D eigenvalue weighted by Crippen LogP contribution is -2.22. The van der Waals surface area contributed by atoms with E-state index in [0.29, 0.717) is 6.61 Å². The molecule has 0 radical (unpaired) electrons. The van der Waals surface area contributed by atoms with E-state index in [0.717, 1.165) is 17.1 Å². The van der Waals surface area contributed by atoms with Gasteiger partial charge in [-0.15, -0.1) is 0 Å². The summed E-state index contributed by atoms with van der Waals surface area (Å²) in [6, 6.07) is 17.4. The Labute approximate surface area is 141 Å². The predicted octanol–water partition coefficient (Wildman–Crippen LogP) is 4.15. The predicted molar refractivity (Wildman–Crippen MR) is 88.4 cm³/mol. The molecule has 0 spiro atoms. The van der Waals surface area contributed by atoms with Crippen LogP contribution in [-0.4, -0.2) is 12.3 Å². The normalized spacial score (nSPS) is 26.6. The summed E-state index contributed by atoms with van der Waals surface area (Å²) < 4.78 is 17.0. The van der Waals surface area contributed by atoms with Crippen molar-refractivity contribution in [3.05, 3.63) is 60.2 Å². The molecule has 0 aromatic heterocycles. The molecule has 4 heteroatoms. The van der Waals surface area contributed by atoms with E-state index in [1.807, 2.05) is 54.6 Å². The van der Waals surface area contributed by atoms with Gasteiger partial charge in [-0.25, -0.2) is 0 Å². The zero-order valence-corrected chi connectivity index (χ0v) is 13.8. The molecule has 1 saturated carbocycles. The van der Waals surface area contributed by atoms with Crippen LogP contribution in [0.25, 0.3) is 0 Å². The summed E-state index contributed by atoms with van der Waals surface area (Å²) in [6.07, 6.45) is -0.434.